The van der Waals surface area contributed by atoms with Crippen molar-refractivity contribution in [3.8, 4) is 0 Å². The standard InChI is InChI=1S/C11H9N5O5/c17-9-8(10(18)14-11(19)13-9)5-12-15-6-1-3-7(4-2-6)16(20)21/h1-5,8,15H,(H2,13,14,17,18,19)/b12-5+. The van der Waals surface area contributed by atoms with Gasteiger partial charge in [0, 0.05) is 18.3 Å². The van der Waals surface area contributed by atoms with Gasteiger partial charge >= 0.3 is 6.03 Å². The molecule has 3 N–H and O–H groups in total. The molecule has 21 heavy (non-hydrogen) atoms. The number of rotatable bonds is 4. The van der Waals surface area contributed by atoms with Crippen molar-refractivity contribution in [2.45, 2.75) is 0 Å². The molecule has 108 valence electrons. The van der Waals surface area contributed by atoms with E-state index in [1.165, 1.54) is 24.3 Å². The van der Waals surface area contributed by atoms with Crippen molar-refractivity contribution in [3.05, 3.63) is 34.4 Å². The SMILES string of the molecule is O=C1NC(=O)C(/C=N/Nc2ccc([N+](=O)[O-])cc2)C(=O)N1. The molecule has 1 heterocycles. The second kappa shape index (κ2) is 5.77. The fourth-order valence-corrected chi connectivity index (χ4v) is 1.51. The van der Waals surface area contributed by atoms with E-state index in [-0.39, 0.29) is 5.69 Å². The maximum Gasteiger partial charge on any atom is 0.328 e. The van der Waals surface area contributed by atoms with Gasteiger partial charge in [0.25, 0.3) is 5.69 Å². The van der Waals surface area contributed by atoms with Gasteiger partial charge in [0.15, 0.2) is 5.92 Å². The average Bonchev–Trinajstić information content (AvgIpc) is 2.42. The zero-order chi connectivity index (χ0) is 15.4. The highest BCUT2D eigenvalue weighted by atomic mass is 16.6. The van der Waals surface area contributed by atoms with Gasteiger partial charge in [-0.05, 0) is 12.1 Å². The van der Waals surface area contributed by atoms with Gasteiger partial charge in [-0.1, -0.05) is 0 Å². The third-order valence-electron chi connectivity index (χ3n) is 2.53. The summed E-state index contributed by atoms with van der Waals surface area (Å²) in [6, 6.07) is 4.51. The highest BCUT2D eigenvalue weighted by Gasteiger charge is 2.32. The van der Waals surface area contributed by atoms with Crippen molar-refractivity contribution in [2.24, 2.45) is 11.0 Å². The number of hydrogen-bond donors (Lipinski definition) is 3. The van der Waals surface area contributed by atoms with Crippen molar-refractivity contribution in [2.75, 3.05) is 5.43 Å². The zero-order valence-electron chi connectivity index (χ0n) is 10.4. The second-order valence-electron chi connectivity index (χ2n) is 3.98. The summed E-state index contributed by atoms with van der Waals surface area (Å²) in [5.74, 6) is -2.79. The lowest BCUT2D eigenvalue weighted by Gasteiger charge is -2.16. The van der Waals surface area contributed by atoms with Crippen LogP contribution in [0.2, 0.25) is 0 Å². The Morgan fingerprint density at radius 3 is 2.24 bits per heavy atom. The Morgan fingerprint density at radius 1 is 1.14 bits per heavy atom. The first kappa shape index (κ1) is 14.1. The molecule has 4 amide bonds. The number of nitrogens with zero attached hydrogens (tertiary/aromatic N) is 2. The van der Waals surface area contributed by atoms with E-state index in [1.807, 2.05) is 10.6 Å². The number of non-ortho nitro benzene ring substituents is 1. The normalized spacial score (nSPS) is 15.7. The fraction of sp³-hybridized carbons (Fsp3) is 0.0909. The Morgan fingerprint density at radius 2 is 1.71 bits per heavy atom. The van der Waals surface area contributed by atoms with Crippen molar-refractivity contribution in [3.63, 3.8) is 0 Å². The van der Waals surface area contributed by atoms with Gasteiger partial charge in [-0.2, -0.15) is 5.10 Å². The summed E-state index contributed by atoms with van der Waals surface area (Å²) in [5, 5.41) is 18.0. The van der Waals surface area contributed by atoms with Gasteiger partial charge in [0.2, 0.25) is 11.8 Å². The van der Waals surface area contributed by atoms with Crippen molar-refractivity contribution in [1.29, 1.82) is 0 Å². The molecule has 1 aromatic carbocycles. The maximum atomic E-state index is 11.4. The first-order chi connectivity index (χ1) is 9.97. The summed E-state index contributed by atoms with van der Waals surface area (Å²) in [6.45, 7) is 0. The first-order valence-electron chi connectivity index (χ1n) is 5.66. The molecule has 0 unspecified atom stereocenters. The van der Waals surface area contributed by atoms with E-state index in [0.717, 1.165) is 6.21 Å². The number of nitrogens with one attached hydrogen (secondary N) is 3. The quantitative estimate of drug-likeness (QED) is 0.308. The molecule has 1 aromatic rings. The molecule has 1 saturated heterocycles. The van der Waals surface area contributed by atoms with Crippen LogP contribution in [0.5, 0.6) is 0 Å². The van der Waals surface area contributed by atoms with Crippen LogP contribution in [0.1, 0.15) is 0 Å². The Labute approximate surface area is 117 Å². The predicted octanol–water partition coefficient (Wildman–Crippen LogP) is -0.0253. The molecule has 0 spiro atoms. The number of anilines is 1. The number of nitro groups is 1. The third kappa shape index (κ3) is 3.37. The van der Waals surface area contributed by atoms with Gasteiger partial charge in [0.05, 0.1) is 10.6 Å². The minimum absolute atomic E-state index is 0.0749. The summed E-state index contributed by atoms with van der Waals surface area (Å²) in [6.07, 6.45) is 1.03. The molecule has 1 aliphatic rings. The molecule has 10 heteroatoms. The van der Waals surface area contributed by atoms with Gasteiger partial charge in [-0.25, -0.2) is 4.79 Å². The fourth-order valence-electron chi connectivity index (χ4n) is 1.51. The highest BCUT2D eigenvalue weighted by Crippen LogP contribution is 2.15. The van der Waals surface area contributed by atoms with Crippen LogP contribution in [0.4, 0.5) is 16.2 Å². The van der Waals surface area contributed by atoms with E-state index in [9.17, 15) is 24.5 Å². The zero-order valence-corrected chi connectivity index (χ0v) is 10.4. The molecule has 2 rings (SSSR count). The minimum atomic E-state index is -1.23. The lowest BCUT2D eigenvalue weighted by molar-refractivity contribution is -0.384. The number of carbonyl (C=O) groups is 3. The Bertz CT molecular complexity index is 619. The molecular weight excluding hydrogens is 282 g/mol. The van der Waals surface area contributed by atoms with Crippen molar-refractivity contribution < 1.29 is 19.3 Å². The Balaban J connectivity index is 1.98. The van der Waals surface area contributed by atoms with Crippen LogP contribution in [-0.4, -0.2) is 29.0 Å². The lowest BCUT2D eigenvalue weighted by Crippen LogP contribution is -2.56. The van der Waals surface area contributed by atoms with Crippen molar-refractivity contribution >= 4 is 35.4 Å². The van der Waals surface area contributed by atoms with E-state index < -0.39 is 28.7 Å². The molecule has 1 aliphatic heterocycles. The molecule has 1 fully saturated rings. The Kier molecular flexibility index (Phi) is 3.88. The van der Waals surface area contributed by atoms with Crippen molar-refractivity contribution in [1.82, 2.24) is 10.6 Å². The average molecular weight is 291 g/mol. The van der Waals surface area contributed by atoms with Crippen LogP contribution in [0, 0.1) is 16.0 Å². The number of nitro benzene ring substituents is 1. The smallest absolute Gasteiger partial charge is 0.279 e. The molecular formula is C11H9N5O5. The number of amides is 4. The van der Waals surface area contributed by atoms with Gasteiger partial charge in [0.1, 0.15) is 0 Å². The summed E-state index contributed by atoms with van der Waals surface area (Å²) in [5.41, 5.74) is 2.87. The van der Waals surface area contributed by atoms with E-state index >= 15 is 0 Å². The number of benzene rings is 1. The van der Waals surface area contributed by atoms with E-state index in [4.69, 9.17) is 0 Å². The van der Waals surface area contributed by atoms with Crippen LogP contribution >= 0.6 is 0 Å². The molecule has 0 radical (unpaired) electrons. The first-order valence-corrected chi connectivity index (χ1v) is 5.66. The van der Waals surface area contributed by atoms with Gasteiger partial charge in [-0.15, -0.1) is 0 Å². The predicted molar refractivity (Wildman–Crippen MR) is 70.4 cm³/mol. The third-order valence-corrected chi connectivity index (χ3v) is 2.53. The molecule has 0 atom stereocenters. The summed E-state index contributed by atoms with van der Waals surface area (Å²) in [7, 11) is 0. The number of carbonyl (C=O) groups excluding carboxylic acids is 3. The van der Waals surface area contributed by atoms with Gasteiger partial charge < -0.3 is 0 Å². The number of imide groups is 2. The minimum Gasteiger partial charge on any atom is -0.279 e. The molecule has 10 nitrogen and oxygen atoms in total. The highest BCUT2D eigenvalue weighted by molar-refractivity contribution is 6.23. The monoisotopic (exact) mass is 291 g/mol. The van der Waals surface area contributed by atoms with Gasteiger partial charge in [-0.3, -0.25) is 35.8 Å². The number of hydrazone groups is 1. The largest absolute Gasteiger partial charge is 0.328 e. The topological polar surface area (TPSA) is 143 Å². The molecule has 0 saturated carbocycles. The summed E-state index contributed by atoms with van der Waals surface area (Å²) in [4.78, 5) is 43.5. The summed E-state index contributed by atoms with van der Waals surface area (Å²) < 4.78 is 0. The summed E-state index contributed by atoms with van der Waals surface area (Å²) >= 11 is 0. The molecule has 0 aromatic heterocycles. The number of barbiturate groups is 1. The van der Waals surface area contributed by atoms with E-state index in [1.54, 1.807) is 0 Å². The molecule has 0 aliphatic carbocycles. The van der Waals surface area contributed by atoms with E-state index in [2.05, 4.69) is 10.5 Å². The molecule has 0 bridgehead atoms. The van der Waals surface area contributed by atoms with Crippen LogP contribution in [0.3, 0.4) is 0 Å². The van der Waals surface area contributed by atoms with Crippen LogP contribution in [-0.2, 0) is 9.59 Å². The lowest BCUT2D eigenvalue weighted by atomic mass is 10.1. The second-order valence-corrected chi connectivity index (χ2v) is 3.98. The van der Waals surface area contributed by atoms with E-state index in [0.29, 0.717) is 5.69 Å². The van der Waals surface area contributed by atoms with Crippen LogP contribution < -0.4 is 16.1 Å². The number of urea groups is 1. The maximum absolute atomic E-state index is 11.4. The van der Waals surface area contributed by atoms with Crippen LogP contribution in [0.15, 0.2) is 29.4 Å². The number of hydrogen-bond acceptors (Lipinski definition) is 7. The Hall–Kier alpha value is -3.30. The van der Waals surface area contributed by atoms with Crippen LogP contribution in [0.25, 0.3) is 0 Å².